The number of aromatic amines is 1. The molecule has 2 aliphatic rings. The third kappa shape index (κ3) is 4.34. The second-order valence-electron chi connectivity index (χ2n) is 8.06. The van der Waals surface area contributed by atoms with Gasteiger partial charge in [0.2, 0.25) is 16.0 Å². The normalized spacial score (nSPS) is 21.1. The number of benzene rings is 1. The van der Waals surface area contributed by atoms with Crippen molar-refractivity contribution in [3.05, 3.63) is 60.6 Å². The van der Waals surface area contributed by atoms with Gasteiger partial charge in [0.15, 0.2) is 0 Å². The Morgan fingerprint density at radius 3 is 3.03 bits per heavy atom. The number of hydrogen-bond donors (Lipinski definition) is 4. The van der Waals surface area contributed by atoms with E-state index in [4.69, 9.17) is 4.98 Å². The van der Waals surface area contributed by atoms with Gasteiger partial charge in [-0.1, -0.05) is 12.1 Å². The number of allylic oxidation sites excluding steroid dienone is 1. The molecule has 0 amide bonds. The van der Waals surface area contributed by atoms with Crippen LogP contribution in [0.15, 0.2) is 60.6 Å². The fourth-order valence-corrected chi connectivity index (χ4v) is 5.80. The molecule has 2 aromatic heterocycles. The molecule has 1 saturated heterocycles. The molecule has 11 heteroatoms. The van der Waals surface area contributed by atoms with Crippen LogP contribution in [0.1, 0.15) is 12.8 Å². The van der Waals surface area contributed by atoms with Gasteiger partial charge in [0.25, 0.3) is 0 Å². The molecule has 4 N–H and O–H groups in total. The quantitative estimate of drug-likeness (QED) is 0.370. The third-order valence-corrected chi connectivity index (χ3v) is 7.65. The monoisotopic (exact) mass is 467 g/mol. The van der Waals surface area contributed by atoms with Crippen molar-refractivity contribution in [2.75, 3.05) is 29.9 Å². The molecule has 3 heterocycles. The Morgan fingerprint density at radius 2 is 2.15 bits per heavy atom. The topological polar surface area (TPSA) is 136 Å². The van der Waals surface area contributed by atoms with Crippen molar-refractivity contribution in [3.63, 3.8) is 0 Å². The second kappa shape index (κ2) is 8.93. The first-order valence-corrected chi connectivity index (χ1v) is 12.4. The fraction of sp³-hybridized carbons (Fsp3) is 0.318. The van der Waals surface area contributed by atoms with Crippen LogP contribution in [0, 0.1) is 5.92 Å². The molecule has 33 heavy (non-hydrogen) atoms. The van der Waals surface area contributed by atoms with Gasteiger partial charge in [-0.25, -0.2) is 18.1 Å². The number of aliphatic hydroxyl groups is 1. The van der Waals surface area contributed by atoms with Gasteiger partial charge >= 0.3 is 0 Å². The van der Waals surface area contributed by atoms with E-state index in [0.717, 1.165) is 23.0 Å². The third-order valence-electron chi connectivity index (χ3n) is 5.88. The van der Waals surface area contributed by atoms with Crippen molar-refractivity contribution in [3.8, 4) is 0 Å². The van der Waals surface area contributed by atoms with Crippen LogP contribution in [0.25, 0.3) is 10.9 Å². The van der Waals surface area contributed by atoms with Gasteiger partial charge in [-0.05, 0) is 43.2 Å². The summed E-state index contributed by atoms with van der Waals surface area (Å²) < 4.78 is 27.0. The van der Waals surface area contributed by atoms with Crippen LogP contribution < -0.4 is 14.9 Å². The van der Waals surface area contributed by atoms with E-state index >= 15 is 0 Å². The van der Waals surface area contributed by atoms with Gasteiger partial charge in [0.1, 0.15) is 11.1 Å². The highest BCUT2D eigenvalue weighted by molar-refractivity contribution is 7.90. The summed E-state index contributed by atoms with van der Waals surface area (Å²) >= 11 is 0. The number of aliphatic hydroxyl groups excluding tert-OH is 1. The van der Waals surface area contributed by atoms with Crippen molar-refractivity contribution in [2.24, 2.45) is 5.92 Å². The number of hydrogen-bond acceptors (Lipinski definition) is 8. The smallest absolute Gasteiger partial charge is 0.229 e. The number of sulfonamides is 1. The highest BCUT2D eigenvalue weighted by Gasteiger charge is 2.38. The molecular formula is C22H25N7O3S. The van der Waals surface area contributed by atoms with Crippen LogP contribution in [-0.4, -0.2) is 58.6 Å². The molecule has 0 bridgehead atoms. The standard InChI is InChI=1S/C22H25N7O3S/c30-11-2-1-10-29(19-5-3-4-18-17(19)14-24-28-18)21-8-9-23-22(27-21)26-16-7-6-15-13-25-33(31,32)20(15)12-16/h3-9,12,14-15,20,25,30H,1-2,10-11,13H2,(H,24,28)(H,23,26,27). The van der Waals surface area contributed by atoms with E-state index < -0.39 is 15.3 Å². The molecular weight excluding hydrogens is 442 g/mol. The maximum absolute atomic E-state index is 12.2. The molecule has 5 rings (SSSR count). The van der Waals surface area contributed by atoms with Gasteiger partial charge in [-0.3, -0.25) is 5.10 Å². The number of aromatic nitrogens is 4. The Labute approximate surface area is 191 Å². The SMILES string of the molecule is O=S1(=O)NCC2C=CC(Nc3nccc(N(CCCCO)c4cccc5[nH]ncc45)n3)=CC21. The average Bonchev–Trinajstić information content (AvgIpc) is 3.41. The number of nitrogens with one attached hydrogen (secondary N) is 3. The van der Waals surface area contributed by atoms with Gasteiger partial charge in [-0.15, -0.1) is 0 Å². The predicted octanol–water partition coefficient (Wildman–Crippen LogP) is 2.05. The average molecular weight is 468 g/mol. The first-order chi connectivity index (χ1) is 16.0. The number of unbranched alkanes of at least 4 members (excludes halogenated alkanes) is 1. The zero-order valence-corrected chi connectivity index (χ0v) is 18.7. The highest BCUT2D eigenvalue weighted by atomic mass is 32.2. The molecule has 0 saturated carbocycles. The van der Waals surface area contributed by atoms with E-state index in [1.807, 2.05) is 36.4 Å². The van der Waals surface area contributed by atoms with Crippen molar-refractivity contribution < 1.29 is 13.5 Å². The lowest BCUT2D eigenvalue weighted by molar-refractivity contribution is 0.285. The molecule has 1 aliphatic heterocycles. The van der Waals surface area contributed by atoms with E-state index in [-0.39, 0.29) is 12.5 Å². The van der Waals surface area contributed by atoms with Crippen molar-refractivity contribution >= 4 is 38.4 Å². The first kappa shape index (κ1) is 21.6. The molecule has 0 radical (unpaired) electrons. The van der Waals surface area contributed by atoms with Crippen LogP contribution in [0.3, 0.4) is 0 Å². The van der Waals surface area contributed by atoms with E-state index in [0.29, 0.717) is 37.0 Å². The van der Waals surface area contributed by atoms with E-state index in [1.54, 1.807) is 18.5 Å². The Kier molecular flexibility index (Phi) is 5.83. The summed E-state index contributed by atoms with van der Waals surface area (Å²) in [5.41, 5.74) is 2.52. The molecule has 2 unspecified atom stereocenters. The summed E-state index contributed by atoms with van der Waals surface area (Å²) in [7, 11) is -3.35. The van der Waals surface area contributed by atoms with Crippen LogP contribution in [-0.2, 0) is 10.0 Å². The Balaban J connectivity index is 1.44. The lowest BCUT2D eigenvalue weighted by atomic mass is 9.99. The first-order valence-electron chi connectivity index (χ1n) is 10.8. The fourth-order valence-electron chi connectivity index (χ4n) is 4.21. The number of anilines is 3. The molecule has 0 spiro atoms. The number of H-pyrrole nitrogens is 1. The van der Waals surface area contributed by atoms with Gasteiger partial charge in [-0.2, -0.15) is 10.1 Å². The molecule has 1 fully saturated rings. The summed E-state index contributed by atoms with van der Waals surface area (Å²) in [6.07, 6.45) is 10.4. The Bertz CT molecular complexity index is 1320. The Hall–Kier alpha value is -3.28. The minimum atomic E-state index is -3.35. The van der Waals surface area contributed by atoms with Gasteiger partial charge in [0.05, 0.1) is 17.4 Å². The molecule has 2 atom stereocenters. The van der Waals surface area contributed by atoms with Crippen LogP contribution in [0.5, 0.6) is 0 Å². The molecule has 1 aliphatic carbocycles. The summed E-state index contributed by atoms with van der Waals surface area (Å²) in [5.74, 6) is 0.995. The summed E-state index contributed by atoms with van der Waals surface area (Å²) in [4.78, 5) is 11.1. The maximum Gasteiger partial charge on any atom is 0.229 e. The van der Waals surface area contributed by atoms with Gasteiger partial charge in [0, 0.05) is 42.9 Å². The van der Waals surface area contributed by atoms with Gasteiger partial charge < -0.3 is 15.3 Å². The lowest BCUT2D eigenvalue weighted by Crippen LogP contribution is -2.25. The van der Waals surface area contributed by atoms with E-state index in [2.05, 4.69) is 30.1 Å². The minimum absolute atomic E-state index is 0.0646. The highest BCUT2D eigenvalue weighted by Crippen LogP contribution is 2.32. The van der Waals surface area contributed by atoms with Crippen LogP contribution in [0.4, 0.5) is 17.5 Å². The number of rotatable bonds is 8. The molecule has 10 nitrogen and oxygen atoms in total. The molecule has 172 valence electrons. The Morgan fingerprint density at radius 1 is 1.24 bits per heavy atom. The summed E-state index contributed by atoms with van der Waals surface area (Å²) in [6, 6.07) is 7.76. The lowest BCUT2D eigenvalue weighted by Gasteiger charge is -2.25. The molecule has 3 aromatic rings. The van der Waals surface area contributed by atoms with E-state index in [1.165, 1.54) is 0 Å². The zero-order chi connectivity index (χ0) is 22.8. The van der Waals surface area contributed by atoms with Crippen LogP contribution in [0.2, 0.25) is 0 Å². The summed E-state index contributed by atoms with van der Waals surface area (Å²) in [5, 5.41) is 19.9. The summed E-state index contributed by atoms with van der Waals surface area (Å²) in [6.45, 7) is 1.19. The maximum atomic E-state index is 12.2. The van der Waals surface area contributed by atoms with Crippen molar-refractivity contribution in [1.29, 1.82) is 0 Å². The minimum Gasteiger partial charge on any atom is -0.396 e. The van der Waals surface area contributed by atoms with Crippen molar-refractivity contribution in [1.82, 2.24) is 24.9 Å². The largest absolute Gasteiger partial charge is 0.396 e. The van der Waals surface area contributed by atoms with Crippen LogP contribution >= 0.6 is 0 Å². The second-order valence-corrected chi connectivity index (χ2v) is 9.98. The number of fused-ring (bicyclic) bond motifs is 2. The van der Waals surface area contributed by atoms with E-state index in [9.17, 15) is 13.5 Å². The van der Waals surface area contributed by atoms with Crippen molar-refractivity contribution in [2.45, 2.75) is 18.1 Å². The zero-order valence-electron chi connectivity index (χ0n) is 17.8. The number of nitrogens with zero attached hydrogens (tertiary/aromatic N) is 4. The molecule has 1 aromatic carbocycles. The predicted molar refractivity (Wildman–Crippen MR) is 126 cm³/mol.